The maximum atomic E-state index is 12.2. The summed E-state index contributed by atoms with van der Waals surface area (Å²) in [7, 11) is 0. The molecule has 2 rings (SSSR count). The molecule has 1 saturated heterocycles. The largest absolute Gasteiger partial charge is 0.377 e. The molecule has 1 aliphatic rings. The van der Waals surface area contributed by atoms with Gasteiger partial charge in [-0.15, -0.1) is 0 Å². The third kappa shape index (κ3) is 3.21. The Hall–Kier alpha value is -1.13. The lowest BCUT2D eigenvalue weighted by Gasteiger charge is -2.32. The highest BCUT2D eigenvalue weighted by Crippen LogP contribution is 2.16. The number of amides is 1. The quantitative estimate of drug-likeness (QED) is 0.791. The fourth-order valence-corrected chi connectivity index (χ4v) is 2.29. The van der Waals surface area contributed by atoms with Gasteiger partial charge in [0.05, 0.1) is 11.7 Å². The fourth-order valence-electron chi connectivity index (χ4n) is 2.18. The Balaban J connectivity index is 2.02. The van der Waals surface area contributed by atoms with Gasteiger partial charge in [-0.05, 0) is 31.9 Å². The lowest BCUT2D eigenvalue weighted by atomic mass is 10.1. The number of hydrogen-bond acceptors (Lipinski definition) is 3. The van der Waals surface area contributed by atoms with Crippen molar-refractivity contribution < 1.29 is 9.53 Å². The minimum atomic E-state index is 0.00331. The Labute approximate surface area is 112 Å². The van der Waals surface area contributed by atoms with Gasteiger partial charge >= 0.3 is 0 Å². The fraction of sp³-hybridized carbons (Fsp3) is 0.538. The summed E-state index contributed by atoms with van der Waals surface area (Å²) in [5.74, 6) is 0.00331. The second-order valence-electron chi connectivity index (χ2n) is 4.34. The molecule has 18 heavy (non-hydrogen) atoms. The number of hydrogen-bond donors (Lipinski definition) is 0. The molecule has 0 aromatic carbocycles. The molecule has 0 bridgehead atoms. The Morgan fingerprint density at radius 1 is 1.61 bits per heavy atom. The van der Waals surface area contributed by atoms with Crippen molar-refractivity contribution in [3.05, 3.63) is 29.0 Å². The van der Waals surface area contributed by atoms with E-state index in [2.05, 4.69) is 4.98 Å². The number of ether oxygens (including phenoxy) is 1. The third-order valence-electron chi connectivity index (χ3n) is 3.04. The zero-order chi connectivity index (χ0) is 13.0. The van der Waals surface area contributed by atoms with Crippen LogP contribution >= 0.6 is 11.6 Å². The number of carbonyl (C=O) groups is 1. The molecule has 1 atom stereocenters. The van der Waals surface area contributed by atoms with Crippen LogP contribution in [0, 0.1) is 0 Å². The van der Waals surface area contributed by atoms with Crippen LogP contribution in [0.3, 0.4) is 0 Å². The van der Waals surface area contributed by atoms with Gasteiger partial charge in [0.15, 0.2) is 0 Å². The van der Waals surface area contributed by atoms with Gasteiger partial charge in [-0.2, -0.15) is 0 Å². The molecule has 1 amide bonds. The van der Waals surface area contributed by atoms with Crippen LogP contribution in [0.5, 0.6) is 0 Å². The number of likely N-dealkylation sites (tertiary alicyclic amines) is 1. The highest BCUT2D eigenvalue weighted by molar-refractivity contribution is 6.29. The van der Waals surface area contributed by atoms with E-state index >= 15 is 0 Å². The maximum Gasteiger partial charge on any atom is 0.255 e. The summed E-state index contributed by atoms with van der Waals surface area (Å²) in [4.78, 5) is 18.0. The SMILES string of the molecule is CCOC1CCCN(C(=O)c2ccc(Cl)nc2)C1. The Kier molecular flexibility index (Phi) is 4.55. The topological polar surface area (TPSA) is 42.4 Å². The summed E-state index contributed by atoms with van der Waals surface area (Å²) in [5.41, 5.74) is 0.580. The first-order valence-corrected chi connectivity index (χ1v) is 6.61. The van der Waals surface area contributed by atoms with Gasteiger partial charge in [0.25, 0.3) is 5.91 Å². The van der Waals surface area contributed by atoms with Crippen molar-refractivity contribution in [3.8, 4) is 0 Å². The van der Waals surface area contributed by atoms with E-state index in [0.29, 0.717) is 23.9 Å². The molecule has 0 radical (unpaired) electrons. The third-order valence-corrected chi connectivity index (χ3v) is 3.27. The van der Waals surface area contributed by atoms with Crippen LogP contribution < -0.4 is 0 Å². The average molecular weight is 269 g/mol. The first-order chi connectivity index (χ1) is 8.70. The summed E-state index contributed by atoms with van der Waals surface area (Å²) < 4.78 is 5.59. The van der Waals surface area contributed by atoms with Crippen LogP contribution in [0.15, 0.2) is 18.3 Å². The molecule has 1 aromatic rings. The predicted octanol–water partition coefficient (Wildman–Crippen LogP) is 2.38. The molecule has 0 aliphatic carbocycles. The molecule has 1 aliphatic heterocycles. The Morgan fingerprint density at radius 3 is 3.11 bits per heavy atom. The van der Waals surface area contributed by atoms with Crippen molar-refractivity contribution in [1.29, 1.82) is 0 Å². The second kappa shape index (κ2) is 6.16. The molecule has 0 saturated carbocycles. The van der Waals surface area contributed by atoms with Gasteiger partial charge in [-0.1, -0.05) is 11.6 Å². The van der Waals surface area contributed by atoms with Crippen molar-refractivity contribution >= 4 is 17.5 Å². The molecular weight excluding hydrogens is 252 g/mol. The zero-order valence-electron chi connectivity index (χ0n) is 10.4. The van der Waals surface area contributed by atoms with E-state index < -0.39 is 0 Å². The number of rotatable bonds is 3. The van der Waals surface area contributed by atoms with Crippen molar-refractivity contribution in [3.63, 3.8) is 0 Å². The second-order valence-corrected chi connectivity index (χ2v) is 4.73. The van der Waals surface area contributed by atoms with Gasteiger partial charge in [0.2, 0.25) is 0 Å². The maximum absolute atomic E-state index is 12.2. The number of pyridine rings is 1. The predicted molar refractivity (Wildman–Crippen MR) is 69.8 cm³/mol. The van der Waals surface area contributed by atoms with E-state index in [9.17, 15) is 4.79 Å². The van der Waals surface area contributed by atoms with E-state index in [0.717, 1.165) is 19.4 Å². The van der Waals surface area contributed by atoms with Crippen molar-refractivity contribution in [2.24, 2.45) is 0 Å². The first-order valence-electron chi connectivity index (χ1n) is 6.23. The normalized spacial score (nSPS) is 19.9. The number of piperidine rings is 1. The summed E-state index contributed by atoms with van der Waals surface area (Å²) in [5, 5.41) is 0.400. The van der Waals surface area contributed by atoms with E-state index in [4.69, 9.17) is 16.3 Å². The molecule has 1 unspecified atom stereocenters. The molecule has 1 fully saturated rings. The summed E-state index contributed by atoms with van der Waals surface area (Å²) in [6, 6.07) is 3.35. The summed E-state index contributed by atoms with van der Waals surface area (Å²) in [6.07, 6.45) is 3.69. The lowest BCUT2D eigenvalue weighted by Crippen LogP contribution is -2.43. The summed E-state index contributed by atoms with van der Waals surface area (Å²) in [6.45, 7) is 4.11. The van der Waals surface area contributed by atoms with Crippen LogP contribution in [0.2, 0.25) is 5.15 Å². The van der Waals surface area contributed by atoms with Crippen LogP contribution in [0.1, 0.15) is 30.1 Å². The average Bonchev–Trinajstić information content (AvgIpc) is 2.39. The summed E-state index contributed by atoms with van der Waals surface area (Å²) >= 11 is 5.71. The molecule has 4 nitrogen and oxygen atoms in total. The first kappa shape index (κ1) is 13.3. The number of nitrogens with zero attached hydrogens (tertiary/aromatic N) is 2. The highest BCUT2D eigenvalue weighted by atomic mass is 35.5. The Bertz CT molecular complexity index is 406. The number of carbonyl (C=O) groups excluding carboxylic acids is 1. The van der Waals surface area contributed by atoms with Crippen molar-refractivity contribution in [2.75, 3.05) is 19.7 Å². The van der Waals surface area contributed by atoms with E-state index in [1.807, 2.05) is 11.8 Å². The smallest absolute Gasteiger partial charge is 0.255 e. The number of aromatic nitrogens is 1. The standard InChI is InChI=1S/C13H17ClN2O2/c1-2-18-11-4-3-7-16(9-11)13(17)10-5-6-12(14)15-8-10/h5-6,8,11H,2-4,7,9H2,1H3. The molecule has 5 heteroatoms. The van der Waals surface area contributed by atoms with Crippen LogP contribution in [0.25, 0.3) is 0 Å². The lowest BCUT2D eigenvalue weighted by molar-refractivity contribution is 0.00723. The minimum absolute atomic E-state index is 0.00331. The molecule has 0 N–H and O–H groups in total. The molecule has 0 spiro atoms. The van der Waals surface area contributed by atoms with Gasteiger partial charge < -0.3 is 9.64 Å². The van der Waals surface area contributed by atoms with Gasteiger partial charge in [0, 0.05) is 25.9 Å². The molecular formula is C13H17ClN2O2. The van der Waals surface area contributed by atoms with Gasteiger partial charge in [0.1, 0.15) is 5.15 Å². The van der Waals surface area contributed by atoms with Crippen LogP contribution in [-0.4, -0.2) is 41.6 Å². The Morgan fingerprint density at radius 2 is 2.44 bits per heavy atom. The van der Waals surface area contributed by atoms with Crippen LogP contribution in [-0.2, 0) is 4.74 Å². The van der Waals surface area contributed by atoms with Crippen LogP contribution in [0.4, 0.5) is 0 Å². The molecule has 98 valence electrons. The van der Waals surface area contributed by atoms with Crippen molar-refractivity contribution in [2.45, 2.75) is 25.9 Å². The molecule has 2 heterocycles. The van der Waals surface area contributed by atoms with E-state index in [1.165, 1.54) is 6.20 Å². The van der Waals surface area contributed by atoms with Gasteiger partial charge in [-0.25, -0.2) is 4.98 Å². The molecule has 1 aromatic heterocycles. The minimum Gasteiger partial charge on any atom is -0.377 e. The van der Waals surface area contributed by atoms with Crippen molar-refractivity contribution in [1.82, 2.24) is 9.88 Å². The monoisotopic (exact) mass is 268 g/mol. The van der Waals surface area contributed by atoms with E-state index in [-0.39, 0.29) is 12.0 Å². The highest BCUT2D eigenvalue weighted by Gasteiger charge is 2.24. The zero-order valence-corrected chi connectivity index (χ0v) is 11.2. The van der Waals surface area contributed by atoms with Gasteiger partial charge in [-0.3, -0.25) is 4.79 Å². The van der Waals surface area contributed by atoms with E-state index in [1.54, 1.807) is 12.1 Å². The number of halogens is 1.